The molecular weight excluding hydrogens is 285 g/mol. The summed E-state index contributed by atoms with van der Waals surface area (Å²) in [6, 6.07) is 5.04. The third-order valence-corrected chi connectivity index (χ3v) is 3.40. The molecule has 2 rings (SSSR count). The summed E-state index contributed by atoms with van der Waals surface area (Å²) < 4.78 is 18.1. The number of carbonyl (C=O) groups excluding carboxylic acids is 2. The standard InChI is InChI=1S/C13H10FNO4S/c1-19-13(18)11-8(5-6-20-11)15-12(17)10-7(14)3-2-4-9(10)16/h2-6,16H,1H3,(H,15,17). The van der Waals surface area contributed by atoms with Crippen LogP contribution in [-0.2, 0) is 4.74 Å². The first-order valence-corrected chi connectivity index (χ1v) is 6.37. The molecule has 20 heavy (non-hydrogen) atoms. The normalized spacial score (nSPS) is 10.1. The zero-order valence-corrected chi connectivity index (χ0v) is 11.2. The van der Waals surface area contributed by atoms with Crippen LogP contribution >= 0.6 is 11.3 Å². The van der Waals surface area contributed by atoms with Crippen LogP contribution in [0.1, 0.15) is 20.0 Å². The van der Waals surface area contributed by atoms with Crippen molar-refractivity contribution >= 4 is 28.9 Å². The third-order valence-electron chi connectivity index (χ3n) is 2.50. The number of nitrogens with one attached hydrogen (secondary N) is 1. The van der Waals surface area contributed by atoms with E-state index in [4.69, 9.17) is 0 Å². The van der Waals surface area contributed by atoms with Crippen LogP contribution in [0, 0.1) is 5.82 Å². The molecule has 2 N–H and O–H groups in total. The van der Waals surface area contributed by atoms with Gasteiger partial charge in [0.05, 0.1) is 12.8 Å². The van der Waals surface area contributed by atoms with Crippen molar-refractivity contribution in [3.05, 3.63) is 45.9 Å². The molecule has 1 aromatic carbocycles. The number of methoxy groups -OCH3 is 1. The maximum atomic E-state index is 13.5. The largest absolute Gasteiger partial charge is 0.507 e. The molecule has 0 bridgehead atoms. The highest BCUT2D eigenvalue weighted by molar-refractivity contribution is 7.12. The van der Waals surface area contributed by atoms with E-state index in [1.54, 1.807) is 5.38 Å². The summed E-state index contributed by atoms with van der Waals surface area (Å²) in [7, 11) is 1.22. The number of ether oxygens (including phenoxy) is 1. The molecule has 7 heteroatoms. The number of rotatable bonds is 3. The molecule has 0 radical (unpaired) electrons. The van der Waals surface area contributed by atoms with Gasteiger partial charge in [-0.05, 0) is 23.6 Å². The van der Waals surface area contributed by atoms with E-state index in [1.807, 2.05) is 0 Å². The number of anilines is 1. The summed E-state index contributed by atoms with van der Waals surface area (Å²) in [4.78, 5) is 23.6. The smallest absolute Gasteiger partial charge is 0.350 e. The SMILES string of the molecule is COC(=O)c1sccc1NC(=O)c1c(O)cccc1F. The molecule has 1 heterocycles. The number of esters is 1. The van der Waals surface area contributed by atoms with Crippen LogP contribution in [0.2, 0.25) is 0 Å². The Bertz CT molecular complexity index is 648. The lowest BCUT2D eigenvalue weighted by atomic mass is 10.1. The van der Waals surface area contributed by atoms with Crippen molar-refractivity contribution in [1.29, 1.82) is 0 Å². The molecule has 0 aliphatic heterocycles. The molecule has 1 aromatic heterocycles. The lowest BCUT2D eigenvalue weighted by Crippen LogP contribution is -2.15. The first kappa shape index (κ1) is 14.0. The van der Waals surface area contributed by atoms with Gasteiger partial charge in [0, 0.05) is 0 Å². The van der Waals surface area contributed by atoms with Crippen molar-refractivity contribution in [2.24, 2.45) is 0 Å². The monoisotopic (exact) mass is 295 g/mol. The van der Waals surface area contributed by atoms with E-state index in [1.165, 1.54) is 25.3 Å². The molecule has 0 saturated carbocycles. The molecule has 0 atom stereocenters. The maximum Gasteiger partial charge on any atom is 0.350 e. The Labute approximate surface area is 117 Å². The van der Waals surface area contributed by atoms with Crippen LogP contribution < -0.4 is 5.32 Å². The lowest BCUT2D eigenvalue weighted by Gasteiger charge is -2.07. The maximum absolute atomic E-state index is 13.5. The number of aromatic hydroxyl groups is 1. The number of phenols is 1. The fraction of sp³-hybridized carbons (Fsp3) is 0.0769. The summed E-state index contributed by atoms with van der Waals surface area (Å²) in [6.07, 6.45) is 0. The Kier molecular flexibility index (Phi) is 3.99. The lowest BCUT2D eigenvalue weighted by molar-refractivity contribution is 0.0607. The number of halogens is 1. The summed E-state index contributed by atoms with van der Waals surface area (Å²) in [5.74, 6) is -2.77. The molecule has 0 unspecified atom stereocenters. The minimum atomic E-state index is -0.850. The highest BCUT2D eigenvalue weighted by atomic mass is 32.1. The summed E-state index contributed by atoms with van der Waals surface area (Å²) >= 11 is 1.08. The zero-order valence-electron chi connectivity index (χ0n) is 10.3. The van der Waals surface area contributed by atoms with E-state index < -0.39 is 29.0 Å². The van der Waals surface area contributed by atoms with Crippen molar-refractivity contribution in [3.63, 3.8) is 0 Å². The third kappa shape index (κ3) is 2.62. The Morgan fingerprint density at radius 2 is 2.10 bits per heavy atom. The van der Waals surface area contributed by atoms with Crippen LogP contribution in [-0.4, -0.2) is 24.1 Å². The summed E-state index contributed by atoms with van der Waals surface area (Å²) in [6.45, 7) is 0. The highest BCUT2D eigenvalue weighted by Crippen LogP contribution is 2.26. The van der Waals surface area contributed by atoms with E-state index in [-0.39, 0.29) is 10.6 Å². The van der Waals surface area contributed by atoms with Crippen molar-refractivity contribution in [2.45, 2.75) is 0 Å². The van der Waals surface area contributed by atoms with Crippen molar-refractivity contribution in [2.75, 3.05) is 12.4 Å². The number of amides is 1. The van der Waals surface area contributed by atoms with E-state index in [2.05, 4.69) is 10.1 Å². The van der Waals surface area contributed by atoms with Crippen LogP contribution in [0.15, 0.2) is 29.6 Å². The van der Waals surface area contributed by atoms with Crippen molar-refractivity contribution in [1.82, 2.24) is 0 Å². The van der Waals surface area contributed by atoms with Crippen LogP contribution in [0.4, 0.5) is 10.1 Å². The topological polar surface area (TPSA) is 75.6 Å². The fourth-order valence-electron chi connectivity index (χ4n) is 1.58. The molecule has 0 aliphatic rings. The fourth-order valence-corrected chi connectivity index (χ4v) is 2.35. The Hall–Kier alpha value is -2.41. The number of hydrogen-bond donors (Lipinski definition) is 2. The van der Waals surface area contributed by atoms with E-state index >= 15 is 0 Å². The average molecular weight is 295 g/mol. The Morgan fingerprint density at radius 3 is 2.75 bits per heavy atom. The van der Waals surface area contributed by atoms with E-state index in [0.29, 0.717) is 0 Å². The van der Waals surface area contributed by atoms with Crippen molar-refractivity contribution in [3.8, 4) is 5.75 Å². The van der Waals surface area contributed by atoms with Crippen molar-refractivity contribution < 1.29 is 23.8 Å². The van der Waals surface area contributed by atoms with Gasteiger partial charge in [0.15, 0.2) is 0 Å². The highest BCUT2D eigenvalue weighted by Gasteiger charge is 2.20. The average Bonchev–Trinajstić information content (AvgIpc) is 2.85. The number of hydrogen-bond acceptors (Lipinski definition) is 5. The Balaban J connectivity index is 2.29. The molecule has 0 aliphatic carbocycles. The predicted octanol–water partition coefficient (Wildman–Crippen LogP) is 2.63. The molecule has 0 saturated heterocycles. The molecule has 2 aromatic rings. The molecule has 0 spiro atoms. The van der Waals surface area contributed by atoms with Gasteiger partial charge in [-0.15, -0.1) is 11.3 Å². The first-order chi connectivity index (χ1) is 9.54. The Morgan fingerprint density at radius 1 is 1.35 bits per heavy atom. The number of thiophene rings is 1. The van der Waals surface area contributed by atoms with Gasteiger partial charge in [0.2, 0.25) is 0 Å². The van der Waals surface area contributed by atoms with Crippen LogP contribution in [0.5, 0.6) is 5.75 Å². The van der Waals surface area contributed by atoms with Gasteiger partial charge in [0.1, 0.15) is 22.0 Å². The number of phenolic OH excluding ortho intramolecular Hbond substituents is 1. The minimum absolute atomic E-state index is 0.191. The second-order valence-electron chi connectivity index (χ2n) is 3.74. The van der Waals surface area contributed by atoms with E-state index in [9.17, 15) is 19.1 Å². The predicted molar refractivity (Wildman–Crippen MR) is 71.7 cm³/mol. The van der Waals surface area contributed by atoms with Gasteiger partial charge < -0.3 is 15.2 Å². The van der Waals surface area contributed by atoms with Gasteiger partial charge in [-0.2, -0.15) is 0 Å². The second kappa shape index (κ2) is 5.70. The number of benzene rings is 1. The van der Waals surface area contributed by atoms with Gasteiger partial charge in [-0.3, -0.25) is 4.79 Å². The van der Waals surface area contributed by atoms with Gasteiger partial charge >= 0.3 is 5.97 Å². The summed E-state index contributed by atoms with van der Waals surface area (Å²) in [5.41, 5.74) is -0.274. The molecule has 1 amide bonds. The first-order valence-electron chi connectivity index (χ1n) is 5.49. The van der Waals surface area contributed by atoms with Crippen LogP contribution in [0.25, 0.3) is 0 Å². The van der Waals surface area contributed by atoms with Gasteiger partial charge in [-0.1, -0.05) is 6.07 Å². The van der Waals surface area contributed by atoms with Gasteiger partial charge in [-0.25, -0.2) is 9.18 Å². The van der Waals surface area contributed by atoms with Crippen LogP contribution in [0.3, 0.4) is 0 Å². The number of carbonyl (C=O) groups is 2. The van der Waals surface area contributed by atoms with E-state index in [0.717, 1.165) is 17.4 Å². The van der Waals surface area contributed by atoms with Gasteiger partial charge in [0.25, 0.3) is 5.91 Å². The molecular formula is C13H10FNO4S. The molecule has 5 nitrogen and oxygen atoms in total. The molecule has 0 fully saturated rings. The minimum Gasteiger partial charge on any atom is -0.507 e. The second-order valence-corrected chi connectivity index (χ2v) is 4.66. The summed E-state index contributed by atoms with van der Waals surface area (Å²) in [5, 5.41) is 13.5. The molecule has 104 valence electrons. The zero-order chi connectivity index (χ0) is 14.7. The quantitative estimate of drug-likeness (QED) is 0.854.